The fourth-order valence-corrected chi connectivity index (χ4v) is 3.89. The summed E-state index contributed by atoms with van der Waals surface area (Å²) in [5, 5.41) is 10.5. The lowest BCUT2D eigenvalue weighted by Crippen LogP contribution is -2.41. The third kappa shape index (κ3) is 3.20. The molecule has 1 saturated carbocycles. The summed E-state index contributed by atoms with van der Waals surface area (Å²) in [6.45, 7) is 8.92. The molecule has 0 spiro atoms. The van der Waals surface area contributed by atoms with Crippen LogP contribution in [0.4, 0.5) is 0 Å². The van der Waals surface area contributed by atoms with Gasteiger partial charge in [0, 0.05) is 19.3 Å². The van der Waals surface area contributed by atoms with Gasteiger partial charge in [-0.05, 0) is 51.0 Å². The molecule has 0 radical (unpaired) electrons. The van der Waals surface area contributed by atoms with Crippen molar-refractivity contribution in [1.82, 2.24) is 0 Å². The third-order valence-electron chi connectivity index (χ3n) is 5.16. The molecule has 0 aromatic carbocycles. The summed E-state index contributed by atoms with van der Waals surface area (Å²) in [5.41, 5.74) is 1.06. The second-order valence-corrected chi connectivity index (χ2v) is 7.21. The third-order valence-corrected chi connectivity index (χ3v) is 5.16. The molecule has 4 atom stereocenters. The first-order valence-electron chi connectivity index (χ1n) is 7.73. The van der Waals surface area contributed by atoms with Crippen molar-refractivity contribution in [3.8, 4) is 0 Å². The summed E-state index contributed by atoms with van der Waals surface area (Å²) >= 11 is 0. The highest BCUT2D eigenvalue weighted by atomic mass is 16.5. The van der Waals surface area contributed by atoms with Gasteiger partial charge in [-0.3, -0.25) is 9.59 Å². The highest BCUT2D eigenvalue weighted by Crippen LogP contribution is 2.46. The number of allylic oxidation sites excluding steroid dienone is 2. The van der Waals surface area contributed by atoms with E-state index in [4.69, 9.17) is 4.74 Å². The van der Waals surface area contributed by atoms with Crippen molar-refractivity contribution in [2.75, 3.05) is 0 Å². The molecule has 0 amide bonds. The van der Waals surface area contributed by atoms with Crippen molar-refractivity contribution < 1.29 is 19.4 Å². The standard InChI is InChI=1S/C17H26O4/c1-9-6-16(21-11(3)18)14(17(4,5)20)7-13-10(2)15(19)8-12(9)13/h9,12,14,16,20H,6-8H2,1-5H3. The number of carbonyl (C=O) groups is 2. The first-order chi connectivity index (χ1) is 9.61. The Morgan fingerprint density at radius 1 is 1.33 bits per heavy atom. The fraction of sp³-hybridized carbons (Fsp3) is 0.765. The van der Waals surface area contributed by atoms with Crippen molar-refractivity contribution >= 4 is 11.8 Å². The van der Waals surface area contributed by atoms with Crippen molar-refractivity contribution in [3.63, 3.8) is 0 Å². The normalized spacial score (nSPS) is 33.7. The van der Waals surface area contributed by atoms with Crippen molar-refractivity contribution in [3.05, 3.63) is 11.1 Å². The van der Waals surface area contributed by atoms with Gasteiger partial charge < -0.3 is 9.84 Å². The molecule has 1 N–H and O–H groups in total. The Kier molecular flexibility index (Phi) is 4.29. The van der Waals surface area contributed by atoms with Crippen LogP contribution in [-0.4, -0.2) is 28.6 Å². The highest BCUT2D eigenvalue weighted by Gasteiger charge is 2.45. The molecule has 118 valence electrons. The van der Waals surface area contributed by atoms with Crippen molar-refractivity contribution in [1.29, 1.82) is 0 Å². The minimum absolute atomic E-state index is 0.176. The quantitative estimate of drug-likeness (QED) is 0.795. The van der Waals surface area contributed by atoms with Crippen LogP contribution < -0.4 is 0 Å². The molecule has 0 aliphatic heterocycles. The Balaban J connectivity index is 2.39. The van der Waals surface area contributed by atoms with Gasteiger partial charge in [-0.15, -0.1) is 0 Å². The van der Waals surface area contributed by atoms with Crippen LogP contribution in [0.25, 0.3) is 0 Å². The van der Waals surface area contributed by atoms with Crippen LogP contribution >= 0.6 is 0 Å². The van der Waals surface area contributed by atoms with E-state index in [-0.39, 0.29) is 35.6 Å². The number of Topliss-reactive ketones (excluding diaryl/α,β-unsaturated/α-hetero) is 1. The van der Waals surface area contributed by atoms with Gasteiger partial charge in [0.15, 0.2) is 5.78 Å². The van der Waals surface area contributed by atoms with E-state index in [1.165, 1.54) is 6.92 Å². The predicted molar refractivity (Wildman–Crippen MR) is 79.6 cm³/mol. The number of ketones is 1. The molecule has 0 aromatic heterocycles. The largest absolute Gasteiger partial charge is 0.462 e. The zero-order chi connectivity index (χ0) is 15.9. The summed E-state index contributed by atoms with van der Waals surface area (Å²) in [6.07, 6.45) is 1.60. The first-order valence-corrected chi connectivity index (χ1v) is 7.73. The van der Waals surface area contributed by atoms with Gasteiger partial charge in [0.2, 0.25) is 0 Å². The average Bonchev–Trinajstić information content (AvgIpc) is 2.51. The number of rotatable bonds is 2. The van der Waals surface area contributed by atoms with E-state index < -0.39 is 5.60 Å². The van der Waals surface area contributed by atoms with Gasteiger partial charge in [-0.25, -0.2) is 0 Å². The molecule has 21 heavy (non-hydrogen) atoms. The summed E-state index contributed by atoms with van der Waals surface area (Å²) in [7, 11) is 0. The van der Waals surface area contributed by atoms with E-state index in [1.54, 1.807) is 13.8 Å². The lowest BCUT2D eigenvalue weighted by Gasteiger charge is -2.34. The molecule has 0 heterocycles. The molecule has 2 aliphatic rings. The van der Waals surface area contributed by atoms with Gasteiger partial charge in [0.05, 0.1) is 5.60 Å². The minimum Gasteiger partial charge on any atom is -0.462 e. The Morgan fingerprint density at radius 2 is 1.95 bits per heavy atom. The molecular formula is C17H26O4. The second kappa shape index (κ2) is 5.56. The molecular weight excluding hydrogens is 268 g/mol. The number of carbonyl (C=O) groups excluding carboxylic acids is 2. The molecule has 0 bridgehead atoms. The van der Waals surface area contributed by atoms with Gasteiger partial charge in [0.1, 0.15) is 6.10 Å². The SMILES string of the molecule is CC(=O)OC1CC(C)C2CC(=O)C(C)=C2CC1C(C)(C)O. The van der Waals surface area contributed by atoms with E-state index in [0.29, 0.717) is 19.3 Å². The van der Waals surface area contributed by atoms with Gasteiger partial charge >= 0.3 is 5.97 Å². The summed E-state index contributed by atoms with van der Waals surface area (Å²) in [5.74, 6) is 0.253. The van der Waals surface area contributed by atoms with E-state index in [2.05, 4.69) is 6.92 Å². The summed E-state index contributed by atoms with van der Waals surface area (Å²) in [4.78, 5) is 23.4. The number of hydrogen-bond acceptors (Lipinski definition) is 4. The first kappa shape index (κ1) is 16.2. The van der Waals surface area contributed by atoms with Crippen LogP contribution in [0.2, 0.25) is 0 Å². The van der Waals surface area contributed by atoms with E-state index >= 15 is 0 Å². The van der Waals surface area contributed by atoms with E-state index in [1.807, 2.05) is 6.92 Å². The van der Waals surface area contributed by atoms with Gasteiger partial charge in [-0.2, -0.15) is 0 Å². The van der Waals surface area contributed by atoms with Crippen LogP contribution in [0.5, 0.6) is 0 Å². The molecule has 1 fully saturated rings. The maximum Gasteiger partial charge on any atom is 0.302 e. The Hall–Kier alpha value is -1.16. The highest BCUT2D eigenvalue weighted by molar-refractivity contribution is 5.98. The zero-order valence-corrected chi connectivity index (χ0v) is 13.6. The predicted octanol–water partition coefficient (Wildman–Crippen LogP) is 2.64. The van der Waals surface area contributed by atoms with E-state index in [9.17, 15) is 14.7 Å². The van der Waals surface area contributed by atoms with Crippen molar-refractivity contribution in [2.45, 2.75) is 65.6 Å². The van der Waals surface area contributed by atoms with Crippen molar-refractivity contribution in [2.24, 2.45) is 17.8 Å². The minimum atomic E-state index is -0.951. The number of aliphatic hydroxyl groups is 1. The topological polar surface area (TPSA) is 63.6 Å². The van der Waals surface area contributed by atoms with Gasteiger partial charge in [-0.1, -0.05) is 12.5 Å². The smallest absolute Gasteiger partial charge is 0.302 e. The van der Waals surface area contributed by atoms with Crippen LogP contribution in [0.15, 0.2) is 11.1 Å². The molecule has 4 unspecified atom stereocenters. The van der Waals surface area contributed by atoms with Crippen LogP contribution in [0.1, 0.15) is 53.9 Å². The van der Waals surface area contributed by atoms with Crippen LogP contribution in [0.3, 0.4) is 0 Å². The molecule has 4 heteroatoms. The Labute approximate surface area is 126 Å². The molecule has 2 rings (SSSR count). The number of hydrogen-bond donors (Lipinski definition) is 1. The monoisotopic (exact) mass is 294 g/mol. The summed E-state index contributed by atoms with van der Waals surface area (Å²) < 4.78 is 5.50. The number of esters is 1. The number of fused-ring (bicyclic) bond motifs is 1. The second-order valence-electron chi connectivity index (χ2n) is 7.21. The summed E-state index contributed by atoms with van der Waals surface area (Å²) in [6, 6.07) is 0. The fourth-order valence-electron chi connectivity index (χ4n) is 3.89. The number of ether oxygens (including phenoxy) is 1. The maximum atomic E-state index is 12.0. The molecule has 2 aliphatic carbocycles. The molecule has 0 aromatic rings. The lowest BCUT2D eigenvalue weighted by atomic mass is 9.81. The Bertz CT molecular complexity index is 484. The van der Waals surface area contributed by atoms with E-state index in [0.717, 1.165) is 11.1 Å². The van der Waals surface area contributed by atoms with Gasteiger partial charge in [0.25, 0.3) is 0 Å². The molecule has 0 saturated heterocycles. The average molecular weight is 294 g/mol. The Morgan fingerprint density at radius 3 is 2.48 bits per heavy atom. The maximum absolute atomic E-state index is 12.0. The zero-order valence-electron chi connectivity index (χ0n) is 13.6. The lowest BCUT2D eigenvalue weighted by molar-refractivity contribution is -0.155. The van der Waals surface area contributed by atoms with Crippen LogP contribution in [0, 0.1) is 17.8 Å². The molecule has 4 nitrogen and oxygen atoms in total. The van der Waals surface area contributed by atoms with Crippen LogP contribution in [-0.2, 0) is 14.3 Å².